The van der Waals surface area contributed by atoms with E-state index in [0.717, 1.165) is 52.6 Å². The van der Waals surface area contributed by atoms with Crippen LogP contribution < -0.4 is 4.90 Å². The second kappa shape index (κ2) is 10.1. The van der Waals surface area contributed by atoms with Crippen LogP contribution in [-0.2, 0) is 6.42 Å². The Morgan fingerprint density at radius 2 is 1.54 bits per heavy atom. The van der Waals surface area contributed by atoms with Gasteiger partial charge in [0, 0.05) is 29.3 Å². The van der Waals surface area contributed by atoms with Crippen molar-refractivity contribution < 1.29 is 0 Å². The molecule has 1 N–H and O–H groups in total. The second-order valence-electron chi connectivity index (χ2n) is 11.0. The fourth-order valence-corrected chi connectivity index (χ4v) is 7.04. The first-order chi connectivity index (χ1) is 19.1. The summed E-state index contributed by atoms with van der Waals surface area (Å²) in [5.41, 5.74) is 5.33. The Labute approximate surface area is 233 Å². The summed E-state index contributed by atoms with van der Waals surface area (Å²) in [4.78, 5) is 24.7. The standard InChI is InChI=1S/C32H31ClN6/c1-20-21-12-14-22(15-13-21)26(20)16-23-17-29(39(24-8-4-2-5-9-24)25-10-6-3-7-11-25)38-31(36-23)27-18-34-32-30(27)37-28(33)19-35-32/h2-11,17-22,26H,12-16H2,1H3,(H,34,35). The Kier molecular flexibility index (Phi) is 6.28. The van der Waals surface area contributed by atoms with Crippen LogP contribution in [0.25, 0.3) is 22.6 Å². The van der Waals surface area contributed by atoms with Gasteiger partial charge in [-0.25, -0.2) is 19.9 Å². The molecule has 196 valence electrons. The van der Waals surface area contributed by atoms with E-state index < -0.39 is 0 Å². The Morgan fingerprint density at radius 3 is 2.21 bits per heavy atom. The van der Waals surface area contributed by atoms with Crippen molar-refractivity contribution in [2.24, 2.45) is 23.7 Å². The zero-order chi connectivity index (χ0) is 26.3. The fraction of sp³-hybridized carbons (Fsp3) is 0.312. The van der Waals surface area contributed by atoms with Gasteiger partial charge in [-0.05, 0) is 80.0 Å². The molecule has 3 aromatic heterocycles. The summed E-state index contributed by atoms with van der Waals surface area (Å²) in [5.74, 6) is 4.46. The largest absolute Gasteiger partial charge is 0.344 e. The lowest BCUT2D eigenvalue weighted by molar-refractivity contribution is 0.0339. The highest BCUT2D eigenvalue weighted by molar-refractivity contribution is 6.29. The number of fused-ring (bicyclic) bond motifs is 4. The van der Waals surface area contributed by atoms with Gasteiger partial charge in [-0.3, -0.25) is 4.90 Å². The minimum atomic E-state index is 0.349. The predicted octanol–water partition coefficient (Wildman–Crippen LogP) is 8.15. The molecule has 2 aromatic carbocycles. The topological polar surface area (TPSA) is 70.6 Å². The van der Waals surface area contributed by atoms with E-state index in [9.17, 15) is 0 Å². The first-order valence-electron chi connectivity index (χ1n) is 13.9. The number of hydrogen-bond donors (Lipinski definition) is 1. The maximum absolute atomic E-state index is 6.25. The van der Waals surface area contributed by atoms with Crippen molar-refractivity contribution >= 4 is 40.0 Å². The monoisotopic (exact) mass is 534 g/mol. The van der Waals surface area contributed by atoms with Crippen molar-refractivity contribution in [2.45, 2.75) is 39.0 Å². The van der Waals surface area contributed by atoms with Crippen LogP contribution in [0.15, 0.2) is 79.1 Å². The van der Waals surface area contributed by atoms with Crippen molar-refractivity contribution in [1.29, 1.82) is 0 Å². The van der Waals surface area contributed by atoms with Crippen LogP contribution in [0.3, 0.4) is 0 Å². The molecular weight excluding hydrogens is 504 g/mol. The molecule has 0 saturated heterocycles. The second-order valence-corrected chi connectivity index (χ2v) is 11.4. The van der Waals surface area contributed by atoms with E-state index in [0.29, 0.717) is 28.1 Å². The van der Waals surface area contributed by atoms with Crippen LogP contribution in [0.1, 0.15) is 38.3 Å². The summed E-state index contributed by atoms with van der Waals surface area (Å²) in [6, 6.07) is 23.0. The van der Waals surface area contributed by atoms with Gasteiger partial charge in [0.05, 0.1) is 11.8 Å². The number of halogens is 1. The van der Waals surface area contributed by atoms with Crippen LogP contribution in [-0.4, -0.2) is 24.9 Å². The van der Waals surface area contributed by atoms with E-state index in [1.807, 2.05) is 18.3 Å². The van der Waals surface area contributed by atoms with E-state index in [-0.39, 0.29) is 0 Å². The molecule has 0 aliphatic heterocycles. The molecule has 3 aliphatic carbocycles. The van der Waals surface area contributed by atoms with Crippen molar-refractivity contribution in [2.75, 3.05) is 4.90 Å². The lowest BCUT2D eigenvalue weighted by Crippen LogP contribution is -2.39. The third-order valence-electron chi connectivity index (χ3n) is 8.90. The molecule has 0 radical (unpaired) electrons. The Hall–Kier alpha value is -3.77. The van der Waals surface area contributed by atoms with E-state index in [2.05, 4.69) is 81.4 Å². The van der Waals surface area contributed by atoms with E-state index in [1.165, 1.54) is 25.7 Å². The first kappa shape index (κ1) is 24.3. The molecule has 2 unspecified atom stereocenters. The molecule has 3 fully saturated rings. The van der Waals surface area contributed by atoms with Crippen LogP contribution in [0.5, 0.6) is 0 Å². The van der Waals surface area contributed by atoms with E-state index in [1.54, 1.807) is 6.20 Å². The first-order valence-corrected chi connectivity index (χ1v) is 14.3. The lowest BCUT2D eigenvalue weighted by atomic mass is 9.58. The summed E-state index contributed by atoms with van der Waals surface area (Å²) in [6.45, 7) is 2.46. The minimum absolute atomic E-state index is 0.349. The number of hydrogen-bond acceptors (Lipinski definition) is 5. The van der Waals surface area contributed by atoms with Crippen LogP contribution in [0.2, 0.25) is 5.15 Å². The smallest absolute Gasteiger partial charge is 0.165 e. The maximum Gasteiger partial charge on any atom is 0.165 e. The molecule has 3 heterocycles. The number of nitrogens with one attached hydrogen (secondary N) is 1. The highest BCUT2D eigenvalue weighted by atomic mass is 35.5. The van der Waals surface area contributed by atoms with Crippen molar-refractivity contribution in [3.8, 4) is 11.4 Å². The molecule has 7 heteroatoms. The van der Waals surface area contributed by atoms with Gasteiger partial charge in [0.25, 0.3) is 0 Å². The minimum Gasteiger partial charge on any atom is -0.344 e. The van der Waals surface area contributed by atoms with Crippen LogP contribution >= 0.6 is 11.6 Å². The zero-order valence-electron chi connectivity index (χ0n) is 22.0. The van der Waals surface area contributed by atoms with Crippen LogP contribution in [0.4, 0.5) is 17.2 Å². The van der Waals surface area contributed by atoms with Crippen molar-refractivity contribution in [1.82, 2.24) is 24.9 Å². The summed E-state index contributed by atoms with van der Waals surface area (Å²) in [5, 5.41) is 0.349. The molecule has 0 spiro atoms. The number of anilines is 3. The van der Waals surface area contributed by atoms with Crippen LogP contribution in [0, 0.1) is 23.7 Å². The van der Waals surface area contributed by atoms with Gasteiger partial charge < -0.3 is 4.98 Å². The summed E-state index contributed by atoms with van der Waals surface area (Å²) >= 11 is 6.25. The van der Waals surface area contributed by atoms with Gasteiger partial charge in [-0.1, -0.05) is 54.9 Å². The number of nitrogens with zero attached hydrogens (tertiary/aromatic N) is 5. The Bertz CT molecular complexity index is 1550. The third-order valence-corrected chi connectivity index (χ3v) is 9.08. The molecule has 8 rings (SSSR count). The quantitative estimate of drug-likeness (QED) is 0.238. The number of H-pyrrole nitrogens is 1. The Balaban J connectivity index is 1.39. The van der Waals surface area contributed by atoms with E-state index >= 15 is 0 Å². The highest BCUT2D eigenvalue weighted by Crippen LogP contribution is 2.50. The SMILES string of the molecule is CC1C2CCC(CC2)C1Cc1cc(N(c2ccccc2)c2ccccc2)nc(-c2c[nH]c3ncc(Cl)nc23)n1. The predicted molar refractivity (Wildman–Crippen MR) is 156 cm³/mol. The van der Waals surface area contributed by atoms with Gasteiger partial charge in [-0.2, -0.15) is 0 Å². The molecular formula is C32H31ClN6. The average Bonchev–Trinajstić information content (AvgIpc) is 3.40. The third kappa shape index (κ3) is 4.57. The molecule has 2 atom stereocenters. The summed E-state index contributed by atoms with van der Waals surface area (Å²) in [7, 11) is 0. The average molecular weight is 535 g/mol. The number of benzene rings is 2. The normalized spacial score (nSPS) is 22.3. The lowest BCUT2D eigenvalue weighted by Gasteiger charge is -2.47. The fourth-order valence-electron chi connectivity index (χ4n) is 6.90. The van der Waals surface area contributed by atoms with E-state index in [4.69, 9.17) is 21.6 Å². The van der Waals surface area contributed by atoms with Gasteiger partial charge >= 0.3 is 0 Å². The van der Waals surface area contributed by atoms with Gasteiger partial charge in [0.2, 0.25) is 0 Å². The molecule has 0 amide bonds. The zero-order valence-corrected chi connectivity index (χ0v) is 22.7. The number of para-hydroxylation sites is 2. The number of aromatic nitrogens is 5. The summed E-state index contributed by atoms with van der Waals surface area (Å²) < 4.78 is 0. The summed E-state index contributed by atoms with van der Waals surface area (Å²) in [6.07, 6.45) is 9.86. The molecule has 6 nitrogen and oxygen atoms in total. The van der Waals surface area contributed by atoms with Gasteiger partial charge in [0.15, 0.2) is 11.5 Å². The molecule has 3 saturated carbocycles. The molecule has 2 bridgehead atoms. The molecule has 39 heavy (non-hydrogen) atoms. The highest BCUT2D eigenvalue weighted by Gasteiger charge is 2.41. The Morgan fingerprint density at radius 1 is 0.872 bits per heavy atom. The number of aromatic amines is 1. The van der Waals surface area contributed by atoms with Crippen molar-refractivity contribution in [3.63, 3.8) is 0 Å². The molecule has 3 aliphatic rings. The molecule has 5 aromatic rings. The number of rotatable bonds is 6. The van der Waals surface area contributed by atoms with Crippen molar-refractivity contribution in [3.05, 3.63) is 90.0 Å². The van der Waals surface area contributed by atoms with Gasteiger partial charge in [-0.15, -0.1) is 0 Å². The van der Waals surface area contributed by atoms with Gasteiger partial charge in [0.1, 0.15) is 16.5 Å². The maximum atomic E-state index is 6.25.